The van der Waals surface area contributed by atoms with Crippen LogP contribution in [0.2, 0.25) is 0 Å². The van der Waals surface area contributed by atoms with Crippen LogP contribution in [0.15, 0.2) is 37.2 Å². The van der Waals surface area contributed by atoms with Crippen LogP contribution in [0.5, 0.6) is 0 Å². The minimum atomic E-state index is 1.47. The van der Waals surface area contributed by atoms with Gasteiger partial charge in [0.15, 0.2) is 0 Å². The van der Waals surface area contributed by atoms with Crippen molar-refractivity contribution in [3.63, 3.8) is 0 Å². The molecule has 3 heteroatoms. The molecule has 0 spiro atoms. The molecule has 0 aliphatic rings. The molecule has 1 aromatic heterocycles. The molecular weight excluding hydrogens is 114 g/mol. The topological polar surface area (TPSA) is 41.6 Å². The molecule has 0 saturated carbocycles. The summed E-state index contributed by atoms with van der Waals surface area (Å²) in [7, 11) is 0. The van der Waals surface area contributed by atoms with Crippen molar-refractivity contribution in [1.29, 1.82) is 0 Å². The number of aromatic amines is 1. The zero-order valence-corrected chi connectivity index (χ0v) is 4.86. The van der Waals surface area contributed by atoms with E-state index in [0.717, 1.165) is 0 Å². The first-order chi connectivity index (χ1) is 4.50. The molecule has 0 fully saturated rings. The van der Waals surface area contributed by atoms with Crippen LogP contribution in [-0.2, 0) is 0 Å². The van der Waals surface area contributed by atoms with Crippen LogP contribution >= 0.6 is 0 Å². The fraction of sp³-hybridized carbons (Fsp3) is 0. The first kappa shape index (κ1) is 5.75. The zero-order valence-electron chi connectivity index (χ0n) is 4.86. The predicted octanol–water partition coefficient (Wildman–Crippen LogP) is 0.929. The molecule has 1 aromatic rings. The Labute approximate surface area is 53.1 Å². The van der Waals surface area contributed by atoms with Crippen molar-refractivity contribution in [2.45, 2.75) is 0 Å². The van der Waals surface area contributed by atoms with Gasteiger partial charge in [0, 0.05) is 12.4 Å². The average Bonchev–Trinajstić information content (AvgIpc) is 2.00. The van der Waals surface area contributed by atoms with Gasteiger partial charge >= 0.3 is 0 Å². The van der Waals surface area contributed by atoms with Crippen molar-refractivity contribution in [3.05, 3.63) is 37.2 Å². The number of H-pyrrole nitrogens is 1. The molecule has 1 heterocycles. The van der Waals surface area contributed by atoms with E-state index in [1.54, 1.807) is 18.7 Å². The lowest BCUT2D eigenvalue weighted by Crippen LogP contribution is -1.63. The molecule has 46 valence electrons. The van der Waals surface area contributed by atoms with Gasteiger partial charge in [0.05, 0.1) is 6.33 Å². The monoisotopic (exact) mass is 121 g/mol. The van der Waals surface area contributed by atoms with Crippen LogP contribution in [0, 0.1) is 0 Å². The molecule has 0 unspecified atom stereocenters. The van der Waals surface area contributed by atoms with E-state index in [-0.39, 0.29) is 0 Å². The maximum atomic E-state index is 3.80. The molecule has 0 aliphatic carbocycles. The third-order valence-electron chi connectivity index (χ3n) is 0.758. The van der Waals surface area contributed by atoms with Gasteiger partial charge in [-0.3, -0.25) is 0 Å². The largest absolute Gasteiger partial charge is 0.353 e. The molecule has 0 bridgehead atoms. The van der Waals surface area contributed by atoms with Gasteiger partial charge in [0.1, 0.15) is 6.33 Å². The molecule has 1 N–H and O–H groups in total. The minimum Gasteiger partial charge on any atom is -0.353 e. The van der Waals surface area contributed by atoms with Gasteiger partial charge in [-0.1, -0.05) is 0 Å². The van der Waals surface area contributed by atoms with Crippen molar-refractivity contribution in [3.8, 4) is 0 Å². The molecular formula is C6H7N3. The van der Waals surface area contributed by atoms with Gasteiger partial charge in [-0.2, -0.15) is 0 Å². The number of nitrogens with one attached hydrogen (secondary N) is 1. The third kappa shape index (κ3) is 2.43. The van der Waals surface area contributed by atoms with E-state index in [1.807, 2.05) is 12.1 Å². The Kier molecular flexibility index (Phi) is 2.30. The number of nitrogens with zero attached hydrogens (tertiary/aromatic N) is 2. The highest BCUT2D eigenvalue weighted by atomic mass is 14.8. The van der Waals surface area contributed by atoms with E-state index in [9.17, 15) is 0 Å². The number of hydrogen-bond donors (Lipinski definition) is 1. The lowest BCUT2D eigenvalue weighted by Gasteiger charge is -1.64. The summed E-state index contributed by atoms with van der Waals surface area (Å²) in [6.45, 7) is 0. The Balaban J connectivity index is 3.04. The van der Waals surface area contributed by atoms with E-state index in [2.05, 4.69) is 15.0 Å². The van der Waals surface area contributed by atoms with Gasteiger partial charge in [0.25, 0.3) is 0 Å². The molecule has 3 nitrogen and oxygen atoms in total. The van der Waals surface area contributed by atoms with Crippen LogP contribution in [0.1, 0.15) is 0 Å². The van der Waals surface area contributed by atoms with Gasteiger partial charge in [-0.15, -0.1) is 0 Å². The summed E-state index contributed by atoms with van der Waals surface area (Å²) in [6.07, 6.45) is 6.47. The minimum absolute atomic E-state index is 1.47. The second kappa shape index (κ2) is 3.60. The fourth-order valence-corrected chi connectivity index (χ4v) is 0.407. The van der Waals surface area contributed by atoms with Crippen molar-refractivity contribution in [2.24, 2.45) is 0 Å². The van der Waals surface area contributed by atoms with Gasteiger partial charge in [0.2, 0.25) is 0 Å². The summed E-state index contributed by atoms with van der Waals surface area (Å²) in [5.74, 6) is 0. The van der Waals surface area contributed by atoms with Gasteiger partial charge < -0.3 is 4.98 Å². The summed E-state index contributed by atoms with van der Waals surface area (Å²) in [5, 5.41) is 0. The van der Waals surface area contributed by atoms with Crippen LogP contribution in [0.3, 0.4) is 0 Å². The number of hydrogen-bond acceptors (Lipinski definition) is 2. The Morgan fingerprint density at radius 1 is 1.11 bits per heavy atom. The van der Waals surface area contributed by atoms with E-state index in [1.165, 1.54) is 6.33 Å². The molecule has 0 amide bonds. The Bertz CT molecular complexity index is 130. The third-order valence-corrected chi connectivity index (χ3v) is 0.758. The highest BCUT2D eigenvalue weighted by Gasteiger charge is 1.57. The van der Waals surface area contributed by atoms with Crippen molar-refractivity contribution in [2.75, 3.05) is 0 Å². The molecule has 0 radical (unpaired) electrons. The van der Waals surface area contributed by atoms with Crippen molar-refractivity contribution in [1.82, 2.24) is 15.0 Å². The summed E-state index contributed by atoms with van der Waals surface area (Å²) >= 11 is 0. The quantitative estimate of drug-likeness (QED) is 0.554. The summed E-state index contributed by atoms with van der Waals surface area (Å²) < 4.78 is 0. The van der Waals surface area contributed by atoms with Gasteiger partial charge in [-0.05, 0) is 12.1 Å². The first-order valence-electron chi connectivity index (χ1n) is 2.61. The molecule has 0 saturated heterocycles. The highest BCUT2D eigenvalue weighted by molar-refractivity contribution is 4.79. The molecule has 1 rings (SSSR count). The zero-order chi connectivity index (χ0) is 6.36. The van der Waals surface area contributed by atoms with E-state index >= 15 is 0 Å². The molecule has 0 aromatic carbocycles. The SMILES string of the molecule is c1cc[nH]cncnc1. The van der Waals surface area contributed by atoms with Crippen molar-refractivity contribution < 1.29 is 0 Å². The lowest BCUT2D eigenvalue weighted by atomic mass is 10.6. The molecule has 9 heavy (non-hydrogen) atoms. The molecule has 0 aliphatic heterocycles. The Morgan fingerprint density at radius 3 is 3.11 bits per heavy atom. The van der Waals surface area contributed by atoms with Crippen LogP contribution in [0.25, 0.3) is 0 Å². The van der Waals surface area contributed by atoms with Crippen LogP contribution < -0.4 is 0 Å². The first-order valence-corrected chi connectivity index (χ1v) is 2.61. The second-order valence-corrected chi connectivity index (χ2v) is 1.41. The smallest absolute Gasteiger partial charge is 0.117 e. The summed E-state index contributed by atoms with van der Waals surface area (Å²) in [5.41, 5.74) is 0. The van der Waals surface area contributed by atoms with E-state index in [0.29, 0.717) is 0 Å². The van der Waals surface area contributed by atoms with E-state index < -0.39 is 0 Å². The van der Waals surface area contributed by atoms with Crippen LogP contribution in [-0.4, -0.2) is 15.0 Å². The molecule has 0 atom stereocenters. The predicted molar refractivity (Wildman–Crippen MR) is 34.0 cm³/mol. The van der Waals surface area contributed by atoms with Crippen LogP contribution in [0.4, 0.5) is 0 Å². The average molecular weight is 121 g/mol. The van der Waals surface area contributed by atoms with E-state index in [4.69, 9.17) is 0 Å². The number of rotatable bonds is 0. The standard InChI is InChI=1S/C6H7N3/c1-2-4-8-6-9-5-7-3-1/h1-6H,(H,7,8,9). The maximum Gasteiger partial charge on any atom is 0.117 e. The Hall–Kier alpha value is -1.38. The maximum absolute atomic E-state index is 3.80. The van der Waals surface area contributed by atoms with Crippen molar-refractivity contribution >= 4 is 0 Å². The number of aromatic nitrogens is 3. The normalized spacial score (nSPS) is 8.00. The van der Waals surface area contributed by atoms with Gasteiger partial charge in [-0.25, -0.2) is 9.97 Å². The second-order valence-electron chi connectivity index (χ2n) is 1.41. The highest BCUT2D eigenvalue weighted by Crippen LogP contribution is 1.68. The summed E-state index contributed by atoms with van der Waals surface area (Å²) in [6, 6.07) is 3.66. The Morgan fingerprint density at radius 2 is 2.11 bits per heavy atom. The summed E-state index contributed by atoms with van der Waals surface area (Å²) in [4.78, 5) is 10.4. The fourth-order valence-electron chi connectivity index (χ4n) is 0.407. The lowest BCUT2D eigenvalue weighted by molar-refractivity contribution is 1.15.